The molecule has 0 radical (unpaired) electrons. The van der Waals surface area contributed by atoms with Crippen LogP contribution in [0.5, 0.6) is 11.5 Å². The van der Waals surface area contributed by atoms with Crippen molar-refractivity contribution < 1.29 is 22.7 Å². The second-order valence-electron chi connectivity index (χ2n) is 10.6. The predicted molar refractivity (Wildman–Crippen MR) is 174 cm³/mol. The zero-order valence-electron chi connectivity index (χ0n) is 25.3. The highest BCUT2D eigenvalue weighted by atomic mass is 32.2. The summed E-state index contributed by atoms with van der Waals surface area (Å²) < 4.78 is 33.0. The van der Waals surface area contributed by atoms with E-state index in [1.54, 1.807) is 24.3 Å². The molecule has 0 unspecified atom stereocenters. The molecule has 0 heterocycles. The number of sulfonamides is 1. The monoisotopic (exact) mass is 613 g/mol. The summed E-state index contributed by atoms with van der Waals surface area (Å²) in [6.07, 6.45) is 2.08. The van der Waals surface area contributed by atoms with Crippen molar-refractivity contribution in [2.45, 2.75) is 39.3 Å². The Morgan fingerprint density at radius 2 is 1.41 bits per heavy atom. The topological polar surface area (TPSA) is 96.0 Å². The molecule has 0 bridgehead atoms. The number of carbonyl (C=O) groups excluding carboxylic acids is 2. The highest BCUT2D eigenvalue weighted by Crippen LogP contribution is 2.26. The predicted octanol–water partition coefficient (Wildman–Crippen LogP) is 5.72. The first kappa shape index (κ1) is 32.3. The van der Waals surface area contributed by atoms with Gasteiger partial charge in [-0.2, -0.15) is 0 Å². The minimum Gasteiger partial charge on any atom is -0.457 e. The fourth-order valence-corrected chi connectivity index (χ4v) is 5.66. The van der Waals surface area contributed by atoms with Crippen LogP contribution in [0.4, 0.5) is 5.69 Å². The van der Waals surface area contributed by atoms with Crippen molar-refractivity contribution >= 4 is 27.5 Å². The van der Waals surface area contributed by atoms with E-state index < -0.39 is 28.5 Å². The number of nitrogens with zero attached hydrogens (tertiary/aromatic N) is 2. The summed E-state index contributed by atoms with van der Waals surface area (Å²) >= 11 is 0. The molecular weight excluding hydrogens is 574 g/mol. The molecule has 4 aromatic carbocycles. The maximum atomic E-state index is 14.2. The molecule has 1 atom stereocenters. The van der Waals surface area contributed by atoms with Crippen LogP contribution in [0.15, 0.2) is 109 Å². The summed E-state index contributed by atoms with van der Waals surface area (Å²) in [4.78, 5) is 29.3. The van der Waals surface area contributed by atoms with Crippen molar-refractivity contribution in [2.24, 2.45) is 0 Å². The van der Waals surface area contributed by atoms with Gasteiger partial charge in [-0.1, -0.05) is 79.7 Å². The molecule has 9 heteroatoms. The summed E-state index contributed by atoms with van der Waals surface area (Å²) in [6, 6.07) is 32.1. The van der Waals surface area contributed by atoms with Gasteiger partial charge in [0.15, 0.2) is 0 Å². The van der Waals surface area contributed by atoms with Gasteiger partial charge in [-0.05, 0) is 66.4 Å². The summed E-state index contributed by atoms with van der Waals surface area (Å²) in [5, 5.41) is 2.95. The first-order chi connectivity index (χ1) is 21.2. The smallest absolute Gasteiger partial charge is 0.244 e. The third-order valence-corrected chi connectivity index (χ3v) is 8.35. The van der Waals surface area contributed by atoms with Gasteiger partial charge in [0.05, 0.1) is 11.9 Å². The highest BCUT2D eigenvalue weighted by Gasteiger charge is 2.33. The zero-order valence-corrected chi connectivity index (χ0v) is 26.2. The Bertz CT molecular complexity index is 1630. The lowest BCUT2D eigenvalue weighted by Gasteiger charge is -2.34. The molecule has 4 aromatic rings. The van der Waals surface area contributed by atoms with Crippen LogP contribution in [-0.2, 0) is 32.6 Å². The van der Waals surface area contributed by atoms with Crippen LogP contribution in [0.3, 0.4) is 0 Å². The molecule has 0 aliphatic heterocycles. The number of rotatable bonds is 14. The lowest BCUT2D eigenvalue weighted by Crippen LogP contribution is -2.53. The van der Waals surface area contributed by atoms with Crippen molar-refractivity contribution in [1.82, 2.24) is 10.2 Å². The summed E-state index contributed by atoms with van der Waals surface area (Å²) in [5.41, 5.74) is 3.04. The molecule has 1 N–H and O–H groups in total. The fourth-order valence-electron chi connectivity index (χ4n) is 4.81. The van der Waals surface area contributed by atoms with Gasteiger partial charge in [0.2, 0.25) is 21.8 Å². The quantitative estimate of drug-likeness (QED) is 0.196. The molecule has 0 saturated heterocycles. The molecule has 0 spiro atoms. The van der Waals surface area contributed by atoms with Gasteiger partial charge in [0, 0.05) is 19.5 Å². The summed E-state index contributed by atoms with van der Waals surface area (Å²) in [5.74, 6) is 0.395. The molecular formula is C35H39N3O5S. The van der Waals surface area contributed by atoms with Crippen molar-refractivity contribution in [3.8, 4) is 11.5 Å². The van der Waals surface area contributed by atoms with E-state index in [4.69, 9.17) is 4.74 Å². The minimum atomic E-state index is -3.87. The lowest BCUT2D eigenvalue weighted by molar-refractivity contribution is -0.140. The van der Waals surface area contributed by atoms with E-state index in [0.29, 0.717) is 23.7 Å². The van der Waals surface area contributed by atoms with Gasteiger partial charge < -0.3 is 15.0 Å². The maximum absolute atomic E-state index is 14.2. The Hall–Kier alpha value is -4.63. The molecule has 0 saturated carbocycles. The average molecular weight is 614 g/mol. The SMILES string of the molecule is CCCNC(=O)[C@@H](Cc1ccccc1)N(Cc1ccccc1C)C(=O)CN(c1ccc(Oc2ccccc2)cc1)S(C)(=O)=O. The molecule has 0 aliphatic rings. The zero-order chi connectivity index (χ0) is 31.5. The fraction of sp³-hybridized carbons (Fsp3) is 0.257. The number of hydrogen-bond donors (Lipinski definition) is 1. The van der Waals surface area contributed by atoms with Gasteiger partial charge >= 0.3 is 0 Å². The third-order valence-electron chi connectivity index (χ3n) is 7.21. The molecule has 2 amide bonds. The number of aryl methyl sites for hydroxylation is 1. The Morgan fingerprint density at radius 1 is 0.818 bits per heavy atom. The lowest BCUT2D eigenvalue weighted by atomic mass is 10.0. The number of nitrogens with one attached hydrogen (secondary N) is 1. The molecule has 4 rings (SSSR count). The Balaban J connectivity index is 1.67. The van der Waals surface area contributed by atoms with Crippen LogP contribution in [0.2, 0.25) is 0 Å². The van der Waals surface area contributed by atoms with E-state index in [0.717, 1.165) is 33.7 Å². The van der Waals surface area contributed by atoms with Crippen LogP contribution < -0.4 is 14.4 Å². The Labute approximate surface area is 260 Å². The van der Waals surface area contributed by atoms with Gasteiger partial charge in [0.25, 0.3) is 0 Å². The van der Waals surface area contributed by atoms with Crippen LogP contribution >= 0.6 is 0 Å². The van der Waals surface area contributed by atoms with Crippen LogP contribution in [0.25, 0.3) is 0 Å². The normalized spacial score (nSPS) is 11.8. The summed E-state index contributed by atoms with van der Waals surface area (Å²) in [6.45, 7) is 4.04. The molecule has 0 aliphatic carbocycles. The van der Waals surface area contributed by atoms with Crippen molar-refractivity contribution in [3.63, 3.8) is 0 Å². The highest BCUT2D eigenvalue weighted by molar-refractivity contribution is 7.92. The van der Waals surface area contributed by atoms with E-state index in [9.17, 15) is 18.0 Å². The third kappa shape index (κ3) is 8.94. The van der Waals surface area contributed by atoms with Crippen molar-refractivity contribution in [2.75, 3.05) is 23.7 Å². The van der Waals surface area contributed by atoms with Gasteiger partial charge in [-0.3, -0.25) is 13.9 Å². The van der Waals surface area contributed by atoms with Crippen LogP contribution in [-0.4, -0.2) is 50.5 Å². The van der Waals surface area contributed by atoms with E-state index in [1.807, 2.05) is 98.8 Å². The average Bonchev–Trinajstić information content (AvgIpc) is 3.02. The molecule has 230 valence electrons. The first-order valence-electron chi connectivity index (χ1n) is 14.6. The maximum Gasteiger partial charge on any atom is 0.244 e. The number of para-hydroxylation sites is 1. The van der Waals surface area contributed by atoms with Crippen molar-refractivity contribution in [3.05, 3.63) is 126 Å². The standard InChI is InChI=1S/C35H39N3O5S/c1-4-23-36-35(40)33(24-28-14-7-5-8-15-28)37(25-29-16-12-11-13-27(29)2)34(39)26-38(44(3,41)42)30-19-21-32(22-20-30)43-31-17-9-6-10-18-31/h5-22,33H,4,23-26H2,1-3H3,(H,36,40)/t33-/m1/s1. The van der Waals surface area contributed by atoms with Gasteiger partial charge in [-0.25, -0.2) is 8.42 Å². The van der Waals surface area contributed by atoms with Gasteiger partial charge in [0.1, 0.15) is 24.1 Å². The first-order valence-corrected chi connectivity index (χ1v) is 16.5. The molecule has 0 aromatic heterocycles. The minimum absolute atomic E-state index is 0.143. The molecule has 0 fully saturated rings. The van der Waals surface area contributed by atoms with E-state index >= 15 is 0 Å². The summed E-state index contributed by atoms with van der Waals surface area (Å²) in [7, 11) is -3.87. The molecule has 8 nitrogen and oxygen atoms in total. The number of amides is 2. The van der Waals surface area contributed by atoms with Crippen LogP contribution in [0.1, 0.15) is 30.0 Å². The van der Waals surface area contributed by atoms with Crippen LogP contribution in [0, 0.1) is 6.92 Å². The van der Waals surface area contributed by atoms with E-state index in [-0.39, 0.29) is 18.9 Å². The van der Waals surface area contributed by atoms with Crippen molar-refractivity contribution in [1.29, 1.82) is 0 Å². The second kappa shape index (κ2) is 15.2. The van der Waals surface area contributed by atoms with Gasteiger partial charge in [-0.15, -0.1) is 0 Å². The second-order valence-corrected chi connectivity index (χ2v) is 12.5. The Morgan fingerprint density at radius 3 is 2.02 bits per heavy atom. The van der Waals surface area contributed by atoms with E-state index in [1.165, 1.54) is 4.90 Å². The van der Waals surface area contributed by atoms with E-state index in [2.05, 4.69) is 5.32 Å². The number of carbonyl (C=O) groups is 2. The largest absolute Gasteiger partial charge is 0.457 e. The number of anilines is 1. The number of hydrogen-bond acceptors (Lipinski definition) is 5. The Kier molecular flexibility index (Phi) is 11.2. The number of ether oxygens (including phenoxy) is 1. The molecule has 44 heavy (non-hydrogen) atoms. The number of benzene rings is 4.